The van der Waals surface area contributed by atoms with Crippen LogP contribution in [0.3, 0.4) is 0 Å². The van der Waals surface area contributed by atoms with Crippen LogP contribution in [0.1, 0.15) is 29.8 Å². The molecule has 3 amide bonds. The van der Waals surface area contributed by atoms with Gasteiger partial charge in [-0.15, -0.1) is 11.8 Å². The Kier molecular flexibility index (Phi) is 6.72. The van der Waals surface area contributed by atoms with Crippen molar-refractivity contribution in [3.63, 3.8) is 0 Å². The number of carboxylic acid groups (broad SMARTS) is 1. The van der Waals surface area contributed by atoms with Crippen LogP contribution in [0.5, 0.6) is 0 Å². The highest BCUT2D eigenvalue weighted by Crippen LogP contribution is 2.50. The maximum absolute atomic E-state index is 13.3. The number of nitro groups is 1. The van der Waals surface area contributed by atoms with E-state index in [0.717, 1.165) is 11.6 Å². The van der Waals surface area contributed by atoms with E-state index in [2.05, 4.69) is 10.6 Å². The number of benzene rings is 2. The van der Waals surface area contributed by atoms with Crippen LogP contribution in [0.25, 0.3) is 0 Å². The molecule has 2 fully saturated rings. The van der Waals surface area contributed by atoms with E-state index in [0.29, 0.717) is 0 Å². The van der Waals surface area contributed by atoms with Gasteiger partial charge >= 0.3 is 5.97 Å². The molecule has 12 heteroatoms. The van der Waals surface area contributed by atoms with Crippen molar-refractivity contribution in [1.82, 2.24) is 15.5 Å². The summed E-state index contributed by atoms with van der Waals surface area (Å²) < 4.78 is -0.745. The van der Waals surface area contributed by atoms with Gasteiger partial charge in [0.05, 0.1) is 4.92 Å². The SMILES string of the molecule is CC1(C)SC2C(NC(=O)C(Cc3ccccc3)NC(=O)c3cccc([N+](=O)[O-])c3)C(=O)N2C1C(=O)O. The van der Waals surface area contributed by atoms with Crippen LogP contribution in [0.4, 0.5) is 5.69 Å². The van der Waals surface area contributed by atoms with E-state index in [4.69, 9.17) is 0 Å². The molecule has 3 N–H and O–H groups in total. The molecule has 2 aromatic carbocycles. The van der Waals surface area contributed by atoms with Gasteiger partial charge in [0.1, 0.15) is 23.5 Å². The Balaban J connectivity index is 1.52. The molecule has 2 heterocycles. The van der Waals surface area contributed by atoms with Gasteiger partial charge in [-0.05, 0) is 25.5 Å². The van der Waals surface area contributed by atoms with Crippen molar-refractivity contribution in [3.8, 4) is 0 Å². The first-order valence-corrected chi connectivity index (χ1v) is 12.0. The van der Waals surface area contributed by atoms with E-state index in [1.807, 2.05) is 0 Å². The molecular formula is C24H24N4O7S. The summed E-state index contributed by atoms with van der Waals surface area (Å²) in [5.41, 5.74) is 0.500. The number of nitro benzene ring substituents is 1. The number of nitrogens with zero attached hydrogens (tertiary/aromatic N) is 2. The number of nitrogens with one attached hydrogen (secondary N) is 2. The van der Waals surface area contributed by atoms with Gasteiger partial charge in [0.2, 0.25) is 11.8 Å². The number of carbonyl (C=O) groups excluding carboxylic acids is 3. The van der Waals surface area contributed by atoms with Crippen molar-refractivity contribution in [2.24, 2.45) is 0 Å². The standard InChI is InChI=1S/C24H24N4O7S/c1-24(2)18(23(32)33)27-21(31)17(22(27)36-24)26-20(30)16(11-13-7-4-3-5-8-13)25-19(29)14-9-6-10-15(12-14)28(34)35/h3-10,12,16-18,22H,11H2,1-2H3,(H,25,29)(H,26,30)(H,32,33). The summed E-state index contributed by atoms with van der Waals surface area (Å²) >= 11 is 1.30. The molecule has 0 spiro atoms. The number of β-lactam (4-membered cyclic amide) rings is 1. The molecule has 4 rings (SSSR count). The number of amides is 3. The average Bonchev–Trinajstić information content (AvgIpc) is 3.10. The van der Waals surface area contributed by atoms with Gasteiger partial charge in [-0.3, -0.25) is 24.5 Å². The predicted octanol–water partition coefficient (Wildman–Crippen LogP) is 1.57. The van der Waals surface area contributed by atoms with Gasteiger partial charge in [0, 0.05) is 28.9 Å². The van der Waals surface area contributed by atoms with Crippen LogP contribution in [0.15, 0.2) is 54.6 Å². The number of hydrogen-bond acceptors (Lipinski definition) is 7. The minimum absolute atomic E-state index is 0.0124. The molecular weight excluding hydrogens is 488 g/mol. The zero-order chi connectivity index (χ0) is 26.2. The number of thioether (sulfide) groups is 1. The third-order valence-corrected chi connectivity index (χ3v) is 7.77. The highest BCUT2D eigenvalue weighted by atomic mass is 32.2. The summed E-state index contributed by atoms with van der Waals surface area (Å²) in [6, 6.07) is 11.0. The van der Waals surface area contributed by atoms with Crippen molar-refractivity contribution >= 4 is 41.1 Å². The molecule has 36 heavy (non-hydrogen) atoms. The van der Waals surface area contributed by atoms with Gasteiger partial charge in [0.15, 0.2) is 0 Å². The smallest absolute Gasteiger partial charge is 0.327 e. The molecule has 2 saturated heterocycles. The average molecular weight is 513 g/mol. The quantitative estimate of drug-likeness (QED) is 0.273. The second-order valence-electron chi connectivity index (χ2n) is 9.11. The number of non-ortho nitro benzene ring substituents is 1. The van der Waals surface area contributed by atoms with E-state index >= 15 is 0 Å². The molecule has 4 unspecified atom stereocenters. The zero-order valence-electron chi connectivity index (χ0n) is 19.4. The lowest BCUT2D eigenvalue weighted by Gasteiger charge is -2.44. The second kappa shape index (κ2) is 9.61. The van der Waals surface area contributed by atoms with Crippen molar-refractivity contribution < 1.29 is 29.2 Å². The fourth-order valence-electron chi connectivity index (χ4n) is 4.46. The highest BCUT2D eigenvalue weighted by Gasteiger charge is 2.64. The first kappa shape index (κ1) is 25.2. The Morgan fingerprint density at radius 1 is 1.17 bits per heavy atom. The number of fused-ring (bicyclic) bond motifs is 1. The Labute approximate surface area is 210 Å². The topological polar surface area (TPSA) is 159 Å². The van der Waals surface area contributed by atoms with E-state index in [1.165, 1.54) is 34.9 Å². The number of carbonyl (C=O) groups is 4. The molecule has 11 nitrogen and oxygen atoms in total. The maximum atomic E-state index is 13.3. The molecule has 4 atom stereocenters. The Hall–Kier alpha value is -3.93. The van der Waals surface area contributed by atoms with Gasteiger partial charge in [-0.25, -0.2) is 4.79 Å². The second-order valence-corrected chi connectivity index (χ2v) is 10.9. The molecule has 2 aliphatic heterocycles. The third-order valence-electron chi connectivity index (χ3n) is 6.20. The largest absolute Gasteiger partial charge is 0.480 e. The van der Waals surface area contributed by atoms with Gasteiger partial charge in [0.25, 0.3) is 11.6 Å². The predicted molar refractivity (Wildman–Crippen MR) is 130 cm³/mol. The summed E-state index contributed by atoms with van der Waals surface area (Å²) in [4.78, 5) is 62.4. The summed E-state index contributed by atoms with van der Waals surface area (Å²) in [5, 5.41) is 25.4. The van der Waals surface area contributed by atoms with Crippen molar-refractivity contribution in [2.75, 3.05) is 0 Å². The van der Waals surface area contributed by atoms with E-state index < -0.39 is 56.9 Å². The van der Waals surface area contributed by atoms with Crippen LogP contribution in [0, 0.1) is 10.1 Å². The lowest BCUT2D eigenvalue weighted by molar-refractivity contribution is -0.384. The molecule has 0 aliphatic carbocycles. The summed E-state index contributed by atoms with van der Waals surface area (Å²) in [5.74, 6) is -2.91. The van der Waals surface area contributed by atoms with E-state index in [9.17, 15) is 34.4 Å². The number of aliphatic carboxylic acids is 1. The Morgan fingerprint density at radius 2 is 1.86 bits per heavy atom. The molecule has 2 aromatic rings. The molecule has 0 saturated carbocycles. The molecule has 0 aromatic heterocycles. The lowest BCUT2D eigenvalue weighted by Crippen LogP contribution is -2.71. The molecule has 0 radical (unpaired) electrons. The molecule has 2 aliphatic rings. The Morgan fingerprint density at radius 3 is 2.50 bits per heavy atom. The monoisotopic (exact) mass is 512 g/mol. The third kappa shape index (κ3) is 4.76. The van der Waals surface area contributed by atoms with Crippen LogP contribution in [0.2, 0.25) is 0 Å². The summed E-state index contributed by atoms with van der Waals surface area (Å²) in [6.07, 6.45) is 0.110. The normalized spacial score (nSPS) is 22.7. The van der Waals surface area contributed by atoms with Crippen LogP contribution in [-0.2, 0) is 20.8 Å². The van der Waals surface area contributed by atoms with Crippen LogP contribution >= 0.6 is 11.8 Å². The minimum atomic E-state index is -1.11. The fourth-order valence-corrected chi connectivity index (χ4v) is 6.09. The molecule has 0 bridgehead atoms. The number of carboxylic acids is 1. The van der Waals surface area contributed by atoms with Gasteiger partial charge in [-0.2, -0.15) is 0 Å². The number of hydrogen-bond donors (Lipinski definition) is 3. The highest BCUT2D eigenvalue weighted by molar-refractivity contribution is 8.01. The van der Waals surface area contributed by atoms with E-state index in [1.54, 1.807) is 44.2 Å². The minimum Gasteiger partial charge on any atom is -0.480 e. The summed E-state index contributed by atoms with van der Waals surface area (Å²) in [6.45, 7) is 3.47. The first-order valence-electron chi connectivity index (χ1n) is 11.1. The fraction of sp³-hybridized carbons (Fsp3) is 0.333. The van der Waals surface area contributed by atoms with Gasteiger partial charge in [-0.1, -0.05) is 36.4 Å². The number of rotatable bonds is 8. The van der Waals surface area contributed by atoms with Crippen molar-refractivity contribution in [3.05, 3.63) is 75.8 Å². The van der Waals surface area contributed by atoms with Crippen molar-refractivity contribution in [1.29, 1.82) is 0 Å². The summed E-state index contributed by atoms with van der Waals surface area (Å²) in [7, 11) is 0. The lowest BCUT2D eigenvalue weighted by atomic mass is 9.95. The van der Waals surface area contributed by atoms with Crippen LogP contribution < -0.4 is 10.6 Å². The van der Waals surface area contributed by atoms with Gasteiger partial charge < -0.3 is 20.6 Å². The zero-order valence-corrected chi connectivity index (χ0v) is 20.2. The maximum Gasteiger partial charge on any atom is 0.327 e. The van der Waals surface area contributed by atoms with E-state index in [-0.39, 0.29) is 17.7 Å². The van der Waals surface area contributed by atoms with Crippen molar-refractivity contribution in [2.45, 2.75) is 48.5 Å². The Bertz CT molecular complexity index is 1240. The first-order chi connectivity index (χ1) is 17.0. The van der Waals surface area contributed by atoms with Crippen LogP contribution in [-0.4, -0.2) is 66.9 Å². The molecule has 188 valence electrons.